The summed E-state index contributed by atoms with van der Waals surface area (Å²) in [6.45, 7) is 10.6. The molecule has 0 spiro atoms. The summed E-state index contributed by atoms with van der Waals surface area (Å²) < 4.78 is 0. The van der Waals surface area contributed by atoms with Crippen molar-refractivity contribution in [3.8, 4) is 0 Å². The zero-order chi connectivity index (χ0) is 18.9. The molecule has 6 heteroatoms. The molecule has 0 unspecified atom stereocenters. The van der Waals surface area contributed by atoms with Gasteiger partial charge in [0, 0.05) is 28.9 Å². The third-order valence-electron chi connectivity index (χ3n) is 4.70. The fraction of sp³-hybridized carbons (Fsp3) is 0.650. The van der Waals surface area contributed by atoms with E-state index in [1.165, 1.54) is 0 Å². The van der Waals surface area contributed by atoms with Crippen LogP contribution in [0.5, 0.6) is 0 Å². The molecule has 0 aromatic carbocycles. The molecular formula is C20H31N5O. The van der Waals surface area contributed by atoms with E-state index in [1.54, 1.807) is 0 Å². The number of aliphatic hydroxyl groups excluding tert-OH is 1. The third-order valence-corrected chi connectivity index (χ3v) is 4.70. The second kappa shape index (κ2) is 7.35. The Balaban J connectivity index is 1.93. The first-order chi connectivity index (χ1) is 12.2. The maximum atomic E-state index is 9.67. The maximum Gasteiger partial charge on any atom is 0.223 e. The van der Waals surface area contributed by atoms with Gasteiger partial charge in [0.15, 0.2) is 5.82 Å². The molecule has 1 aliphatic carbocycles. The smallest absolute Gasteiger partial charge is 0.223 e. The van der Waals surface area contributed by atoms with E-state index < -0.39 is 0 Å². The minimum Gasteiger partial charge on any atom is -0.393 e. The van der Waals surface area contributed by atoms with Gasteiger partial charge in [-0.05, 0) is 58.4 Å². The summed E-state index contributed by atoms with van der Waals surface area (Å²) in [5.74, 6) is 1.78. The Bertz CT molecular complexity index is 761. The van der Waals surface area contributed by atoms with Crippen LogP contribution in [0.3, 0.4) is 0 Å². The van der Waals surface area contributed by atoms with Crippen LogP contribution in [-0.2, 0) is 0 Å². The summed E-state index contributed by atoms with van der Waals surface area (Å²) in [5.41, 5.74) is 1.78. The molecule has 0 aliphatic heterocycles. The summed E-state index contributed by atoms with van der Waals surface area (Å²) in [7, 11) is 0. The molecule has 1 aliphatic rings. The third kappa shape index (κ3) is 4.61. The van der Waals surface area contributed by atoms with Gasteiger partial charge in [-0.1, -0.05) is 13.8 Å². The van der Waals surface area contributed by atoms with Gasteiger partial charge in [0.25, 0.3) is 0 Å². The Hall–Kier alpha value is -1.95. The van der Waals surface area contributed by atoms with Gasteiger partial charge in [-0.2, -0.15) is 0 Å². The molecule has 6 nitrogen and oxygen atoms in total. The second-order valence-electron chi connectivity index (χ2n) is 8.71. The predicted molar refractivity (Wildman–Crippen MR) is 107 cm³/mol. The van der Waals surface area contributed by atoms with Crippen LogP contribution in [0.4, 0.5) is 11.8 Å². The van der Waals surface area contributed by atoms with Crippen molar-refractivity contribution in [1.82, 2.24) is 15.0 Å². The van der Waals surface area contributed by atoms with Crippen molar-refractivity contribution in [3.63, 3.8) is 0 Å². The van der Waals surface area contributed by atoms with E-state index in [2.05, 4.69) is 56.3 Å². The quantitative estimate of drug-likeness (QED) is 0.765. The number of rotatable bonds is 4. The topological polar surface area (TPSA) is 83.0 Å². The summed E-state index contributed by atoms with van der Waals surface area (Å²) in [6, 6.07) is 2.40. The number of pyridine rings is 1. The van der Waals surface area contributed by atoms with Crippen molar-refractivity contribution >= 4 is 22.7 Å². The molecule has 2 heterocycles. The van der Waals surface area contributed by atoms with Crippen LogP contribution < -0.4 is 10.6 Å². The number of hydrogen-bond donors (Lipinski definition) is 3. The van der Waals surface area contributed by atoms with Crippen LogP contribution in [0.25, 0.3) is 10.9 Å². The highest BCUT2D eigenvalue weighted by Crippen LogP contribution is 2.28. The van der Waals surface area contributed by atoms with E-state index in [4.69, 9.17) is 9.97 Å². The summed E-state index contributed by atoms with van der Waals surface area (Å²) >= 11 is 0. The molecule has 26 heavy (non-hydrogen) atoms. The van der Waals surface area contributed by atoms with E-state index in [9.17, 15) is 5.11 Å². The van der Waals surface area contributed by atoms with E-state index in [0.717, 1.165) is 48.1 Å². The highest BCUT2D eigenvalue weighted by Gasteiger charge is 2.21. The molecule has 2 aromatic heterocycles. The van der Waals surface area contributed by atoms with Crippen LogP contribution >= 0.6 is 0 Å². The predicted octanol–water partition coefficient (Wildman–Crippen LogP) is 4.07. The van der Waals surface area contributed by atoms with Crippen LogP contribution in [0.15, 0.2) is 12.3 Å². The Morgan fingerprint density at radius 1 is 1.12 bits per heavy atom. The lowest BCUT2D eigenvalue weighted by molar-refractivity contribution is 0.126. The number of nitrogens with zero attached hydrogens (tertiary/aromatic N) is 3. The first kappa shape index (κ1) is 18.8. The van der Waals surface area contributed by atoms with Crippen molar-refractivity contribution < 1.29 is 5.11 Å². The number of hydrogen-bond acceptors (Lipinski definition) is 6. The number of aromatic nitrogens is 3. The lowest BCUT2D eigenvalue weighted by Gasteiger charge is -2.26. The fourth-order valence-electron chi connectivity index (χ4n) is 3.27. The largest absolute Gasteiger partial charge is 0.393 e. The Morgan fingerprint density at radius 2 is 1.81 bits per heavy atom. The molecule has 0 atom stereocenters. The Labute approximate surface area is 155 Å². The van der Waals surface area contributed by atoms with Gasteiger partial charge in [0.05, 0.1) is 6.10 Å². The van der Waals surface area contributed by atoms with Crippen molar-refractivity contribution in [2.75, 3.05) is 10.6 Å². The van der Waals surface area contributed by atoms with Crippen LogP contribution in [0.1, 0.15) is 71.9 Å². The van der Waals surface area contributed by atoms with Crippen LogP contribution in [0.2, 0.25) is 0 Å². The average molecular weight is 358 g/mol. The lowest BCUT2D eigenvalue weighted by Crippen LogP contribution is -2.29. The molecule has 3 rings (SSSR count). The van der Waals surface area contributed by atoms with Crippen molar-refractivity contribution in [2.24, 2.45) is 0 Å². The lowest BCUT2D eigenvalue weighted by atomic mass is 9.93. The zero-order valence-electron chi connectivity index (χ0n) is 16.5. The first-order valence-corrected chi connectivity index (χ1v) is 9.62. The van der Waals surface area contributed by atoms with E-state index in [1.807, 2.05) is 6.20 Å². The van der Waals surface area contributed by atoms with Gasteiger partial charge in [-0.15, -0.1) is 0 Å². The molecule has 0 saturated heterocycles. The standard InChI is InChI=1S/C20H31N5O/c1-12(2)16-10-13-11-21-19(22-14-6-8-15(26)9-7-14)24-17(13)18(23-16)25-20(3,4)5/h10-12,14-15,26H,6-9H2,1-5H3,(H,23,25)(H,21,22,24)/t14-,15-. The van der Waals surface area contributed by atoms with Gasteiger partial charge < -0.3 is 15.7 Å². The van der Waals surface area contributed by atoms with Gasteiger partial charge in [0.1, 0.15) is 5.52 Å². The number of nitrogens with one attached hydrogen (secondary N) is 2. The van der Waals surface area contributed by atoms with Gasteiger partial charge in [-0.3, -0.25) is 0 Å². The zero-order valence-corrected chi connectivity index (χ0v) is 16.5. The number of anilines is 2. The summed E-state index contributed by atoms with van der Waals surface area (Å²) in [5, 5.41) is 17.6. The highest BCUT2D eigenvalue weighted by molar-refractivity contribution is 5.89. The molecule has 3 N–H and O–H groups in total. The van der Waals surface area contributed by atoms with Crippen molar-refractivity contribution in [2.45, 2.75) is 83.9 Å². The monoisotopic (exact) mass is 357 g/mol. The highest BCUT2D eigenvalue weighted by atomic mass is 16.3. The molecule has 1 saturated carbocycles. The molecular weight excluding hydrogens is 326 g/mol. The van der Waals surface area contributed by atoms with Crippen molar-refractivity contribution in [1.29, 1.82) is 0 Å². The van der Waals surface area contributed by atoms with E-state index in [0.29, 0.717) is 17.9 Å². The van der Waals surface area contributed by atoms with Crippen LogP contribution in [-0.4, -0.2) is 37.7 Å². The van der Waals surface area contributed by atoms with Gasteiger partial charge in [0.2, 0.25) is 5.95 Å². The number of fused-ring (bicyclic) bond motifs is 1. The normalized spacial score (nSPS) is 21.2. The fourth-order valence-corrected chi connectivity index (χ4v) is 3.27. The molecule has 142 valence electrons. The minimum absolute atomic E-state index is 0.104. The molecule has 0 amide bonds. The van der Waals surface area contributed by atoms with E-state index in [-0.39, 0.29) is 11.6 Å². The number of aliphatic hydroxyl groups is 1. The summed E-state index contributed by atoms with van der Waals surface area (Å²) in [6.07, 6.45) is 5.28. The molecule has 2 aromatic rings. The van der Waals surface area contributed by atoms with Gasteiger partial charge in [-0.25, -0.2) is 15.0 Å². The molecule has 0 radical (unpaired) electrons. The SMILES string of the molecule is CC(C)c1cc2cnc(N[C@H]3CC[C@H](O)CC3)nc2c(NC(C)(C)C)n1. The van der Waals surface area contributed by atoms with Gasteiger partial charge >= 0.3 is 0 Å². The molecule has 1 fully saturated rings. The first-order valence-electron chi connectivity index (χ1n) is 9.62. The Morgan fingerprint density at radius 3 is 2.42 bits per heavy atom. The van der Waals surface area contributed by atoms with E-state index >= 15 is 0 Å². The van der Waals surface area contributed by atoms with Crippen LogP contribution in [0, 0.1) is 0 Å². The van der Waals surface area contributed by atoms with Crippen molar-refractivity contribution in [3.05, 3.63) is 18.0 Å². The summed E-state index contributed by atoms with van der Waals surface area (Å²) in [4.78, 5) is 14.1. The Kier molecular flexibility index (Phi) is 5.32. The molecule has 0 bridgehead atoms. The average Bonchev–Trinajstić information content (AvgIpc) is 2.55. The minimum atomic E-state index is -0.160. The maximum absolute atomic E-state index is 9.67. The second-order valence-corrected chi connectivity index (χ2v) is 8.71.